The molecule has 86 valence electrons. The first kappa shape index (κ1) is 9.83. The molecule has 0 atom stereocenters. The van der Waals surface area contributed by atoms with Crippen LogP contribution in [0.15, 0.2) is 24.3 Å². The zero-order chi connectivity index (χ0) is 11.8. The summed E-state index contributed by atoms with van der Waals surface area (Å²) in [4.78, 5) is 4.35. The summed E-state index contributed by atoms with van der Waals surface area (Å²) >= 11 is 0. The van der Waals surface area contributed by atoms with Crippen LogP contribution >= 0.6 is 0 Å². The van der Waals surface area contributed by atoms with E-state index in [0.29, 0.717) is 5.78 Å². The maximum atomic E-state index is 5.11. The zero-order valence-corrected chi connectivity index (χ0v) is 9.51. The number of hydrogen-bond acceptors (Lipinski definition) is 4. The predicted octanol–water partition coefficient (Wildman–Crippen LogP) is 1.44. The lowest BCUT2D eigenvalue weighted by atomic mass is 10.2. The third-order valence-electron chi connectivity index (χ3n) is 2.60. The molecule has 6 heteroatoms. The largest absolute Gasteiger partial charge is 0.497 e. The van der Waals surface area contributed by atoms with Gasteiger partial charge in [0.05, 0.1) is 7.11 Å². The van der Waals surface area contributed by atoms with Crippen molar-refractivity contribution < 1.29 is 4.74 Å². The molecule has 2 heterocycles. The third-order valence-corrected chi connectivity index (χ3v) is 2.60. The Morgan fingerprint density at radius 1 is 1.18 bits per heavy atom. The molecule has 0 amide bonds. The second-order valence-corrected chi connectivity index (χ2v) is 3.68. The molecule has 3 aromatic rings. The summed E-state index contributed by atoms with van der Waals surface area (Å²) in [5, 5.41) is 11.0. The molecule has 0 saturated heterocycles. The number of fused-ring (bicyclic) bond motifs is 1. The van der Waals surface area contributed by atoms with Gasteiger partial charge in [-0.05, 0) is 31.2 Å². The van der Waals surface area contributed by atoms with E-state index in [1.54, 1.807) is 11.6 Å². The van der Waals surface area contributed by atoms with Gasteiger partial charge in [0, 0.05) is 5.56 Å². The van der Waals surface area contributed by atoms with E-state index in [1.807, 2.05) is 31.2 Å². The van der Waals surface area contributed by atoms with Crippen molar-refractivity contribution in [1.29, 1.82) is 0 Å². The maximum Gasteiger partial charge on any atom is 0.272 e. The molecular weight excluding hydrogens is 218 g/mol. The first-order chi connectivity index (χ1) is 8.28. The van der Waals surface area contributed by atoms with E-state index < -0.39 is 0 Å². The first-order valence-corrected chi connectivity index (χ1v) is 5.20. The highest BCUT2D eigenvalue weighted by atomic mass is 16.5. The van der Waals surface area contributed by atoms with Crippen molar-refractivity contribution in [3.8, 4) is 17.1 Å². The number of methoxy groups -OCH3 is 1. The molecule has 1 N–H and O–H groups in total. The Bertz CT molecular complexity index is 652. The van der Waals surface area contributed by atoms with Crippen LogP contribution in [0.5, 0.6) is 5.75 Å². The third kappa shape index (κ3) is 1.54. The van der Waals surface area contributed by atoms with E-state index in [0.717, 1.165) is 23.0 Å². The summed E-state index contributed by atoms with van der Waals surface area (Å²) in [6, 6.07) is 7.68. The molecule has 0 fully saturated rings. The molecule has 0 aliphatic rings. The average molecular weight is 229 g/mol. The van der Waals surface area contributed by atoms with E-state index in [4.69, 9.17) is 4.74 Å². The van der Waals surface area contributed by atoms with Gasteiger partial charge in [0.1, 0.15) is 5.75 Å². The molecule has 0 aliphatic carbocycles. The van der Waals surface area contributed by atoms with Gasteiger partial charge in [0.25, 0.3) is 5.78 Å². The Hall–Kier alpha value is -2.37. The van der Waals surface area contributed by atoms with Crippen LogP contribution in [0.1, 0.15) is 5.82 Å². The van der Waals surface area contributed by atoms with Gasteiger partial charge in [-0.1, -0.05) is 0 Å². The topological polar surface area (TPSA) is 68.1 Å². The van der Waals surface area contributed by atoms with Gasteiger partial charge in [0.15, 0.2) is 11.6 Å². The molecule has 0 saturated carbocycles. The standard InChI is InChI=1S/C11H11N5O/c1-7-13-14-11-12-10(15-16(7)11)8-3-5-9(17-2)6-4-8/h3-6H,1-2H3,(H,12,14,15). The van der Waals surface area contributed by atoms with Gasteiger partial charge in [-0.3, -0.25) is 5.10 Å². The highest BCUT2D eigenvalue weighted by Crippen LogP contribution is 2.19. The van der Waals surface area contributed by atoms with Crippen LogP contribution in [0, 0.1) is 6.92 Å². The van der Waals surface area contributed by atoms with Crippen LogP contribution in [0.2, 0.25) is 0 Å². The normalized spacial score (nSPS) is 10.9. The lowest BCUT2D eigenvalue weighted by Gasteiger charge is -2.00. The monoisotopic (exact) mass is 229 g/mol. The molecule has 6 nitrogen and oxygen atoms in total. The molecule has 0 aliphatic heterocycles. The quantitative estimate of drug-likeness (QED) is 0.721. The zero-order valence-electron chi connectivity index (χ0n) is 9.51. The van der Waals surface area contributed by atoms with Crippen molar-refractivity contribution >= 4 is 5.78 Å². The number of H-pyrrole nitrogens is 1. The van der Waals surface area contributed by atoms with Gasteiger partial charge in [-0.25, -0.2) is 4.52 Å². The number of aromatic amines is 1. The number of aromatic nitrogens is 5. The van der Waals surface area contributed by atoms with Crippen molar-refractivity contribution in [2.24, 2.45) is 0 Å². The summed E-state index contributed by atoms with van der Waals surface area (Å²) < 4.78 is 6.86. The minimum Gasteiger partial charge on any atom is -0.497 e. The van der Waals surface area contributed by atoms with E-state index in [1.165, 1.54) is 0 Å². The SMILES string of the molecule is COc1ccc(-c2nc3nnc(C)n3[nH]2)cc1. The van der Waals surface area contributed by atoms with Crippen molar-refractivity contribution in [2.75, 3.05) is 7.11 Å². The van der Waals surface area contributed by atoms with E-state index >= 15 is 0 Å². The van der Waals surface area contributed by atoms with Crippen LogP contribution in [0.25, 0.3) is 17.2 Å². The minimum atomic E-state index is 0.577. The van der Waals surface area contributed by atoms with Crippen LogP contribution in [0.3, 0.4) is 0 Å². The number of hydrogen-bond donors (Lipinski definition) is 1. The minimum absolute atomic E-state index is 0.577. The summed E-state index contributed by atoms with van der Waals surface area (Å²) in [5.74, 6) is 2.95. The molecule has 0 spiro atoms. The Balaban J connectivity index is 2.07. The average Bonchev–Trinajstić information content (AvgIpc) is 2.92. The van der Waals surface area contributed by atoms with Gasteiger partial charge < -0.3 is 4.74 Å². The molecular formula is C11H11N5O. The van der Waals surface area contributed by atoms with Crippen molar-refractivity contribution in [3.63, 3.8) is 0 Å². The molecule has 1 aromatic carbocycles. The fourth-order valence-corrected chi connectivity index (χ4v) is 1.66. The van der Waals surface area contributed by atoms with E-state index in [2.05, 4.69) is 20.3 Å². The summed E-state index contributed by atoms with van der Waals surface area (Å²) in [5.41, 5.74) is 0.982. The second-order valence-electron chi connectivity index (χ2n) is 3.68. The smallest absolute Gasteiger partial charge is 0.272 e. The number of nitrogens with one attached hydrogen (secondary N) is 1. The van der Waals surface area contributed by atoms with Crippen molar-refractivity contribution in [3.05, 3.63) is 30.1 Å². The molecule has 3 rings (SSSR count). The Morgan fingerprint density at radius 3 is 2.59 bits per heavy atom. The number of nitrogens with zero attached hydrogens (tertiary/aromatic N) is 4. The molecule has 0 unspecified atom stereocenters. The Kier molecular flexibility index (Phi) is 2.07. The summed E-state index contributed by atoms with van der Waals surface area (Å²) in [6.07, 6.45) is 0. The fraction of sp³-hybridized carbons (Fsp3) is 0.182. The number of aryl methyl sites for hydroxylation is 1. The van der Waals surface area contributed by atoms with Crippen molar-refractivity contribution in [2.45, 2.75) is 6.92 Å². The fourth-order valence-electron chi connectivity index (χ4n) is 1.66. The van der Waals surface area contributed by atoms with Gasteiger partial charge in [-0.15, -0.1) is 10.2 Å². The highest BCUT2D eigenvalue weighted by molar-refractivity contribution is 5.57. The summed E-state index contributed by atoms with van der Waals surface area (Å²) in [6.45, 7) is 1.87. The van der Waals surface area contributed by atoms with Crippen LogP contribution in [-0.2, 0) is 0 Å². The van der Waals surface area contributed by atoms with Crippen LogP contribution in [0.4, 0.5) is 0 Å². The van der Waals surface area contributed by atoms with Crippen LogP contribution < -0.4 is 4.74 Å². The second kappa shape index (κ2) is 3.58. The van der Waals surface area contributed by atoms with Gasteiger partial charge >= 0.3 is 0 Å². The highest BCUT2D eigenvalue weighted by Gasteiger charge is 2.08. The predicted molar refractivity (Wildman–Crippen MR) is 61.9 cm³/mol. The van der Waals surface area contributed by atoms with E-state index in [9.17, 15) is 0 Å². The van der Waals surface area contributed by atoms with Crippen molar-refractivity contribution in [1.82, 2.24) is 24.8 Å². The molecule has 0 bridgehead atoms. The summed E-state index contributed by atoms with van der Waals surface area (Å²) in [7, 11) is 1.64. The first-order valence-electron chi connectivity index (χ1n) is 5.20. The van der Waals surface area contributed by atoms with Gasteiger partial charge in [-0.2, -0.15) is 4.98 Å². The van der Waals surface area contributed by atoms with E-state index in [-0.39, 0.29) is 0 Å². The van der Waals surface area contributed by atoms with Crippen LogP contribution in [-0.4, -0.2) is 31.9 Å². The molecule has 0 radical (unpaired) electrons. The maximum absolute atomic E-state index is 5.11. The number of ether oxygens (including phenoxy) is 1. The molecule has 17 heavy (non-hydrogen) atoms. The Labute approximate surface area is 97.3 Å². The Morgan fingerprint density at radius 2 is 1.94 bits per heavy atom. The molecule has 2 aromatic heterocycles. The number of benzene rings is 1. The lowest BCUT2D eigenvalue weighted by molar-refractivity contribution is 0.415. The number of rotatable bonds is 2. The lowest BCUT2D eigenvalue weighted by Crippen LogP contribution is -1.89. The van der Waals surface area contributed by atoms with Gasteiger partial charge in [0.2, 0.25) is 0 Å².